The quantitative estimate of drug-likeness (QED) is 0.719. The molecule has 0 aromatic heterocycles. The third-order valence-electron chi connectivity index (χ3n) is 4.34. The molecule has 1 saturated heterocycles. The van der Waals surface area contributed by atoms with Gasteiger partial charge in [-0.05, 0) is 30.6 Å². The normalized spacial score (nSPS) is 37.9. The fourth-order valence-corrected chi connectivity index (χ4v) is 2.64. The van der Waals surface area contributed by atoms with Gasteiger partial charge in [0.05, 0.1) is 5.84 Å². The molecule has 2 heteroatoms. The van der Waals surface area contributed by atoms with Gasteiger partial charge in [0.25, 0.3) is 0 Å². The minimum Gasteiger partial charge on any atom is -0.357 e. The molecular formula is C12H22N2. The summed E-state index contributed by atoms with van der Waals surface area (Å²) in [6, 6.07) is 0.676. The number of rotatable bonds is 2. The summed E-state index contributed by atoms with van der Waals surface area (Å²) in [6.45, 7) is 8.14. The summed E-state index contributed by atoms with van der Waals surface area (Å²) in [5.74, 6) is 1.65. The van der Waals surface area contributed by atoms with Crippen molar-refractivity contribution in [3.63, 3.8) is 0 Å². The van der Waals surface area contributed by atoms with Crippen LogP contribution in [-0.4, -0.2) is 23.3 Å². The maximum Gasteiger partial charge on any atom is 0.0960 e. The first-order valence-electron chi connectivity index (χ1n) is 5.90. The van der Waals surface area contributed by atoms with Gasteiger partial charge >= 0.3 is 0 Å². The molecule has 0 bridgehead atoms. The maximum absolute atomic E-state index is 7.96. The number of piperidine rings is 1. The lowest BCUT2D eigenvalue weighted by atomic mass is 9.93. The molecule has 0 amide bonds. The Morgan fingerprint density at radius 2 is 2.14 bits per heavy atom. The number of nitrogens with zero attached hydrogens (tertiary/aromatic N) is 1. The molecule has 2 nitrogen and oxygen atoms in total. The number of amidine groups is 1. The van der Waals surface area contributed by atoms with Crippen molar-refractivity contribution in [3.8, 4) is 0 Å². The molecular weight excluding hydrogens is 172 g/mol. The van der Waals surface area contributed by atoms with E-state index >= 15 is 0 Å². The molecule has 1 saturated carbocycles. The highest BCUT2D eigenvalue weighted by Gasteiger charge is 2.55. The van der Waals surface area contributed by atoms with E-state index in [-0.39, 0.29) is 0 Å². The zero-order valence-electron chi connectivity index (χ0n) is 9.64. The van der Waals surface area contributed by atoms with Gasteiger partial charge in [-0.1, -0.05) is 20.8 Å². The minimum absolute atomic E-state index is 0.490. The van der Waals surface area contributed by atoms with Crippen LogP contribution in [0.5, 0.6) is 0 Å². The van der Waals surface area contributed by atoms with Crippen LogP contribution >= 0.6 is 0 Å². The number of hydrogen-bond acceptors (Lipinski definition) is 1. The summed E-state index contributed by atoms with van der Waals surface area (Å²) in [4.78, 5) is 2.36. The van der Waals surface area contributed by atoms with Crippen molar-refractivity contribution in [2.24, 2.45) is 11.3 Å². The van der Waals surface area contributed by atoms with E-state index in [0.29, 0.717) is 11.5 Å². The molecule has 2 rings (SSSR count). The fourth-order valence-electron chi connectivity index (χ4n) is 2.64. The third kappa shape index (κ3) is 1.45. The SMILES string of the molecule is CC(C)C1(C)CC1N1CCCCC1=N. The van der Waals surface area contributed by atoms with E-state index in [0.717, 1.165) is 24.7 Å². The molecule has 1 heterocycles. The van der Waals surface area contributed by atoms with E-state index in [1.54, 1.807) is 0 Å². The topological polar surface area (TPSA) is 27.1 Å². The van der Waals surface area contributed by atoms with Crippen LogP contribution in [0, 0.1) is 16.7 Å². The Bertz CT molecular complexity index is 247. The van der Waals surface area contributed by atoms with Crippen molar-refractivity contribution >= 4 is 5.84 Å². The van der Waals surface area contributed by atoms with Crippen LogP contribution in [0.3, 0.4) is 0 Å². The second-order valence-electron chi connectivity index (χ2n) is 5.48. The van der Waals surface area contributed by atoms with Gasteiger partial charge in [-0.2, -0.15) is 0 Å². The highest BCUT2D eigenvalue weighted by Crippen LogP contribution is 2.55. The van der Waals surface area contributed by atoms with Gasteiger partial charge in [0.15, 0.2) is 0 Å². The van der Waals surface area contributed by atoms with Crippen LogP contribution in [-0.2, 0) is 0 Å². The minimum atomic E-state index is 0.490. The van der Waals surface area contributed by atoms with Gasteiger partial charge in [-0.15, -0.1) is 0 Å². The molecule has 2 unspecified atom stereocenters. The molecule has 14 heavy (non-hydrogen) atoms. The lowest BCUT2D eigenvalue weighted by Gasteiger charge is -2.32. The molecule has 1 N–H and O–H groups in total. The van der Waals surface area contributed by atoms with Gasteiger partial charge in [-0.3, -0.25) is 5.41 Å². The maximum atomic E-state index is 7.96. The predicted octanol–water partition coefficient (Wildman–Crippen LogP) is 2.88. The fraction of sp³-hybridized carbons (Fsp3) is 0.917. The van der Waals surface area contributed by atoms with Gasteiger partial charge in [-0.25, -0.2) is 0 Å². The van der Waals surface area contributed by atoms with E-state index in [1.165, 1.54) is 19.3 Å². The van der Waals surface area contributed by atoms with Crippen molar-refractivity contribution in [1.29, 1.82) is 5.41 Å². The van der Waals surface area contributed by atoms with E-state index in [9.17, 15) is 0 Å². The lowest BCUT2D eigenvalue weighted by Crippen LogP contribution is -2.39. The zero-order chi connectivity index (χ0) is 10.3. The highest BCUT2D eigenvalue weighted by molar-refractivity contribution is 5.80. The lowest BCUT2D eigenvalue weighted by molar-refractivity contribution is 0.272. The van der Waals surface area contributed by atoms with Crippen molar-refractivity contribution in [3.05, 3.63) is 0 Å². The molecule has 2 atom stereocenters. The van der Waals surface area contributed by atoms with E-state index in [4.69, 9.17) is 5.41 Å². The number of likely N-dealkylation sites (tertiary alicyclic amines) is 1. The van der Waals surface area contributed by atoms with Crippen LogP contribution in [0.15, 0.2) is 0 Å². The number of nitrogens with one attached hydrogen (secondary N) is 1. The monoisotopic (exact) mass is 194 g/mol. The second kappa shape index (κ2) is 3.25. The van der Waals surface area contributed by atoms with Crippen LogP contribution in [0.25, 0.3) is 0 Å². The summed E-state index contributed by atoms with van der Waals surface area (Å²) < 4.78 is 0. The predicted molar refractivity (Wildman–Crippen MR) is 59.6 cm³/mol. The first kappa shape index (κ1) is 10.0. The Labute approximate surface area is 87.2 Å². The molecule has 2 aliphatic rings. The Morgan fingerprint density at radius 1 is 1.43 bits per heavy atom. The van der Waals surface area contributed by atoms with Crippen LogP contribution in [0.4, 0.5) is 0 Å². The van der Waals surface area contributed by atoms with Crippen LogP contribution in [0.1, 0.15) is 46.5 Å². The summed E-state index contributed by atoms with van der Waals surface area (Å²) in [6.07, 6.45) is 4.81. The third-order valence-corrected chi connectivity index (χ3v) is 4.34. The van der Waals surface area contributed by atoms with Crippen LogP contribution in [0.2, 0.25) is 0 Å². The molecule has 0 aromatic rings. The highest BCUT2D eigenvalue weighted by atomic mass is 15.2. The zero-order valence-corrected chi connectivity index (χ0v) is 9.64. The van der Waals surface area contributed by atoms with Crippen molar-refractivity contribution in [1.82, 2.24) is 4.90 Å². The standard InChI is InChI=1S/C12H22N2/c1-9(2)12(3)8-10(12)14-7-5-4-6-11(14)13/h9-10,13H,4-8H2,1-3H3. The summed E-state index contributed by atoms with van der Waals surface area (Å²) in [7, 11) is 0. The summed E-state index contributed by atoms with van der Waals surface area (Å²) in [5.41, 5.74) is 0.490. The molecule has 1 aliphatic carbocycles. The molecule has 0 spiro atoms. The average molecular weight is 194 g/mol. The first-order chi connectivity index (χ1) is 6.55. The summed E-state index contributed by atoms with van der Waals surface area (Å²) in [5, 5.41) is 7.96. The molecule has 0 radical (unpaired) electrons. The largest absolute Gasteiger partial charge is 0.357 e. The smallest absolute Gasteiger partial charge is 0.0960 e. The van der Waals surface area contributed by atoms with E-state index < -0.39 is 0 Å². The van der Waals surface area contributed by atoms with Crippen LogP contribution < -0.4 is 0 Å². The molecule has 0 aromatic carbocycles. The Balaban J connectivity index is 2.01. The molecule has 80 valence electrons. The molecule has 1 aliphatic heterocycles. The molecule has 2 fully saturated rings. The van der Waals surface area contributed by atoms with Crippen molar-refractivity contribution in [2.75, 3.05) is 6.54 Å². The Hall–Kier alpha value is -0.530. The first-order valence-corrected chi connectivity index (χ1v) is 5.90. The van der Waals surface area contributed by atoms with E-state index in [2.05, 4.69) is 25.7 Å². The van der Waals surface area contributed by atoms with Crippen molar-refractivity contribution < 1.29 is 0 Å². The summed E-state index contributed by atoms with van der Waals surface area (Å²) >= 11 is 0. The van der Waals surface area contributed by atoms with E-state index in [1.807, 2.05) is 0 Å². The Morgan fingerprint density at radius 3 is 2.64 bits per heavy atom. The Kier molecular flexibility index (Phi) is 2.32. The second-order valence-corrected chi connectivity index (χ2v) is 5.48. The average Bonchev–Trinajstić information content (AvgIpc) is 2.80. The van der Waals surface area contributed by atoms with Gasteiger partial charge in [0.1, 0.15) is 0 Å². The number of hydrogen-bond donors (Lipinski definition) is 1. The van der Waals surface area contributed by atoms with Gasteiger partial charge < -0.3 is 4.90 Å². The van der Waals surface area contributed by atoms with Crippen molar-refractivity contribution in [2.45, 2.75) is 52.5 Å². The van der Waals surface area contributed by atoms with Gasteiger partial charge in [0, 0.05) is 19.0 Å². The van der Waals surface area contributed by atoms with Gasteiger partial charge in [0.2, 0.25) is 0 Å².